The number of amides is 1. The molecule has 1 amide bonds. The summed E-state index contributed by atoms with van der Waals surface area (Å²) in [5, 5.41) is 12.3. The van der Waals surface area contributed by atoms with Crippen LogP contribution in [0.2, 0.25) is 0 Å². The number of piperidine rings is 1. The van der Waals surface area contributed by atoms with Gasteiger partial charge in [0.05, 0.1) is 6.26 Å². The average Bonchev–Trinajstić information content (AvgIpc) is 2.95. The minimum Gasteiger partial charge on any atom is -0.475 e. The Morgan fingerprint density at radius 1 is 1.38 bits per heavy atom. The number of likely N-dealkylation sites (tertiary alicyclic amines) is 1. The molecule has 7 heteroatoms. The molecule has 1 aliphatic heterocycles. The number of carboxylic acid groups (broad SMARTS) is 1. The van der Waals surface area contributed by atoms with E-state index < -0.39 is 11.6 Å². The van der Waals surface area contributed by atoms with Crippen LogP contribution in [-0.2, 0) is 11.3 Å². The van der Waals surface area contributed by atoms with E-state index in [9.17, 15) is 9.59 Å². The first-order chi connectivity index (χ1) is 11.3. The lowest BCUT2D eigenvalue weighted by Crippen LogP contribution is -2.43. The molecule has 1 fully saturated rings. The Bertz CT molecular complexity index is 568. The molecule has 0 bridgehead atoms. The highest BCUT2D eigenvalue weighted by atomic mass is 16.6. The van der Waals surface area contributed by atoms with Gasteiger partial charge in [0.1, 0.15) is 5.60 Å². The Morgan fingerprint density at radius 3 is 2.62 bits per heavy atom. The van der Waals surface area contributed by atoms with Crippen LogP contribution in [0.3, 0.4) is 0 Å². The van der Waals surface area contributed by atoms with Crippen LogP contribution in [0, 0.1) is 5.92 Å². The molecule has 24 heavy (non-hydrogen) atoms. The Morgan fingerprint density at radius 2 is 2.04 bits per heavy atom. The van der Waals surface area contributed by atoms with Crippen LogP contribution >= 0.6 is 0 Å². The van der Waals surface area contributed by atoms with Gasteiger partial charge in [-0.1, -0.05) is 0 Å². The predicted octanol–water partition coefficient (Wildman–Crippen LogP) is 2.71. The van der Waals surface area contributed by atoms with Crippen LogP contribution in [0.4, 0.5) is 4.79 Å². The van der Waals surface area contributed by atoms with Crippen LogP contribution in [0.1, 0.15) is 49.7 Å². The van der Waals surface area contributed by atoms with Crippen molar-refractivity contribution in [2.24, 2.45) is 5.92 Å². The number of rotatable bonds is 5. The fourth-order valence-corrected chi connectivity index (χ4v) is 2.72. The molecule has 1 saturated heterocycles. The third-order valence-electron chi connectivity index (χ3n) is 3.96. The van der Waals surface area contributed by atoms with Gasteiger partial charge in [-0.25, -0.2) is 9.59 Å². The van der Waals surface area contributed by atoms with E-state index in [4.69, 9.17) is 14.3 Å². The highest BCUT2D eigenvalue weighted by Gasteiger charge is 2.26. The lowest BCUT2D eigenvalue weighted by atomic mass is 9.97. The van der Waals surface area contributed by atoms with Crippen molar-refractivity contribution in [2.75, 3.05) is 19.6 Å². The first-order valence-electron chi connectivity index (χ1n) is 8.24. The van der Waals surface area contributed by atoms with Crippen molar-refractivity contribution < 1.29 is 23.8 Å². The van der Waals surface area contributed by atoms with E-state index >= 15 is 0 Å². The molecule has 1 aromatic rings. The van der Waals surface area contributed by atoms with E-state index in [2.05, 4.69) is 5.32 Å². The molecule has 0 spiro atoms. The minimum absolute atomic E-state index is 0.0118. The summed E-state index contributed by atoms with van der Waals surface area (Å²) in [5.74, 6) is -0.603. The van der Waals surface area contributed by atoms with Crippen LogP contribution in [0.5, 0.6) is 0 Å². The van der Waals surface area contributed by atoms with Gasteiger partial charge in [-0.3, -0.25) is 0 Å². The van der Waals surface area contributed by atoms with Gasteiger partial charge in [-0.15, -0.1) is 0 Å². The maximum atomic E-state index is 12.0. The van der Waals surface area contributed by atoms with Crippen molar-refractivity contribution in [3.8, 4) is 0 Å². The zero-order valence-electron chi connectivity index (χ0n) is 14.5. The predicted molar refractivity (Wildman–Crippen MR) is 87.9 cm³/mol. The molecule has 2 rings (SSSR count). The number of hydrogen-bond acceptors (Lipinski definition) is 5. The Hall–Kier alpha value is -2.02. The van der Waals surface area contributed by atoms with E-state index in [1.165, 1.54) is 6.26 Å². The van der Waals surface area contributed by atoms with Crippen molar-refractivity contribution >= 4 is 12.1 Å². The highest BCUT2D eigenvalue weighted by molar-refractivity contribution is 5.86. The molecule has 7 nitrogen and oxygen atoms in total. The van der Waals surface area contributed by atoms with E-state index in [1.54, 1.807) is 11.0 Å². The second-order valence-electron chi connectivity index (χ2n) is 7.12. The molecule has 2 heterocycles. The first-order valence-corrected chi connectivity index (χ1v) is 8.24. The van der Waals surface area contributed by atoms with E-state index in [0.29, 0.717) is 31.1 Å². The number of carbonyl (C=O) groups is 2. The number of nitrogens with one attached hydrogen (secondary N) is 1. The number of furan rings is 1. The van der Waals surface area contributed by atoms with E-state index in [1.807, 2.05) is 20.8 Å². The number of ether oxygens (including phenoxy) is 1. The Labute approximate surface area is 142 Å². The van der Waals surface area contributed by atoms with Crippen LogP contribution in [0.15, 0.2) is 16.7 Å². The number of hydrogen-bond donors (Lipinski definition) is 2. The molecule has 0 aliphatic carbocycles. The van der Waals surface area contributed by atoms with Gasteiger partial charge in [-0.2, -0.15) is 0 Å². The zero-order chi connectivity index (χ0) is 17.7. The van der Waals surface area contributed by atoms with Gasteiger partial charge in [0, 0.05) is 25.2 Å². The Kier molecular flexibility index (Phi) is 5.88. The third kappa shape index (κ3) is 5.26. The average molecular weight is 338 g/mol. The number of carbonyl (C=O) groups excluding carboxylic acids is 1. The summed E-state index contributed by atoms with van der Waals surface area (Å²) < 4.78 is 10.3. The van der Waals surface area contributed by atoms with Gasteiger partial charge in [0.2, 0.25) is 5.76 Å². The molecular weight excluding hydrogens is 312 g/mol. The fraction of sp³-hybridized carbons (Fsp3) is 0.647. The maximum Gasteiger partial charge on any atom is 0.410 e. The number of carboxylic acids is 1. The zero-order valence-corrected chi connectivity index (χ0v) is 14.5. The molecule has 0 radical (unpaired) electrons. The molecule has 134 valence electrons. The largest absolute Gasteiger partial charge is 0.475 e. The maximum absolute atomic E-state index is 12.0. The normalized spacial score (nSPS) is 16.2. The summed E-state index contributed by atoms with van der Waals surface area (Å²) in [5.41, 5.74) is 0.177. The monoisotopic (exact) mass is 338 g/mol. The van der Waals surface area contributed by atoms with Crippen molar-refractivity contribution in [3.63, 3.8) is 0 Å². The van der Waals surface area contributed by atoms with Crippen molar-refractivity contribution in [1.82, 2.24) is 10.2 Å². The second-order valence-corrected chi connectivity index (χ2v) is 7.12. The molecular formula is C17H26N2O5. The second kappa shape index (κ2) is 7.70. The molecule has 0 atom stereocenters. The number of nitrogens with zero attached hydrogens (tertiary/aromatic N) is 1. The highest BCUT2D eigenvalue weighted by Crippen LogP contribution is 2.19. The summed E-state index contributed by atoms with van der Waals surface area (Å²) in [6.45, 7) is 8.21. The van der Waals surface area contributed by atoms with Gasteiger partial charge < -0.3 is 24.5 Å². The van der Waals surface area contributed by atoms with E-state index in [-0.39, 0.29) is 11.9 Å². The first kappa shape index (κ1) is 18.3. The summed E-state index contributed by atoms with van der Waals surface area (Å²) in [4.78, 5) is 24.7. The van der Waals surface area contributed by atoms with Crippen molar-refractivity contribution in [2.45, 2.75) is 45.8 Å². The summed E-state index contributed by atoms with van der Waals surface area (Å²) in [6, 6.07) is 1.67. The topological polar surface area (TPSA) is 92.0 Å². The van der Waals surface area contributed by atoms with Crippen LogP contribution in [-0.4, -0.2) is 47.3 Å². The SMILES string of the molecule is CC(C)(C)OC(=O)N1CCC(CNCc2ccoc2C(=O)O)CC1. The van der Waals surface area contributed by atoms with Crippen LogP contribution < -0.4 is 5.32 Å². The third-order valence-corrected chi connectivity index (χ3v) is 3.96. The van der Waals surface area contributed by atoms with E-state index in [0.717, 1.165) is 19.4 Å². The number of aromatic carboxylic acids is 1. The molecule has 0 aromatic carbocycles. The molecule has 0 unspecified atom stereocenters. The van der Waals surface area contributed by atoms with Crippen LogP contribution in [0.25, 0.3) is 0 Å². The molecule has 1 aromatic heterocycles. The van der Waals surface area contributed by atoms with Gasteiger partial charge >= 0.3 is 12.1 Å². The fourth-order valence-electron chi connectivity index (χ4n) is 2.72. The minimum atomic E-state index is -1.05. The summed E-state index contributed by atoms with van der Waals surface area (Å²) in [7, 11) is 0. The lowest BCUT2D eigenvalue weighted by molar-refractivity contribution is 0.0184. The lowest BCUT2D eigenvalue weighted by Gasteiger charge is -2.33. The van der Waals surface area contributed by atoms with Gasteiger partial charge in [0.25, 0.3) is 0 Å². The van der Waals surface area contributed by atoms with Crippen molar-refractivity contribution in [1.29, 1.82) is 0 Å². The van der Waals surface area contributed by atoms with Gasteiger partial charge in [0.15, 0.2) is 0 Å². The van der Waals surface area contributed by atoms with Crippen molar-refractivity contribution in [3.05, 3.63) is 23.7 Å². The summed E-state index contributed by atoms with van der Waals surface area (Å²) >= 11 is 0. The standard InChI is InChI=1S/C17H26N2O5/c1-17(2,3)24-16(22)19-7-4-12(5-8-19)10-18-11-13-6-9-23-14(13)15(20)21/h6,9,12,18H,4-5,7-8,10-11H2,1-3H3,(H,20,21). The smallest absolute Gasteiger partial charge is 0.410 e. The molecule has 1 aliphatic rings. The molecule has 0 saturated carbocycles. The van der Waals surface area contributed by atoms with Gasteiger partial charge in [-0.05, 0) is 52.1 Å². The molecule has 2 N–H and O–H groups in total. The Balaban J connectivity index is 1.71. The summed E-state index contributed by atoms with van der Waals surface area (Å²) in [6.07, 6.45) is 2.95. The quantitative estimate of drug-likeness (QED) is 0.857.